The summed E-state index contributed by atoms with van der Waals surface area (Å²) in [5, 5.41) is 1.68. The zero-order valence-corrected chi connectivity index (χ0v) is 33.1. The van der Waals surface area contributed by atoms with Gasteiger partial charge in [0.1, 0.15) is 34.7 Å². The van der Waals surface area contributed by atoms with E-state index in [1.54, 1.807) is 6.07 Å². The van der Waals surface area contributed by atoms with E-state index in [1.165, 1.54) is 12.1 Å². The maximum absolute atomic E-state index is 12.3. The topological polar surface area (TPSA) is 140 Å². The van der Waals surface area contributed by atoms with Crippen LogP contribution in [-0.4, -0.2) is 55.5 Å². The van der Waals surface area contributed by atoms with Crippen molar-refractivity contribution in [3.05, 3.63) is 94.7 Å². The molecule has 1 aromatic carbocycles. The lowest BCUT2D eigenvalue weighted by Gasteiger charge is -2.27. The molecule has 0 bridgehead atoms. The Morgan fingerprint density at radius 1 is 0.963 bits per heavy atom. The number of anilines is 1. The van der Waals surface area contributed by atoms with Crippen LogP contribution in [0.2, 0.25) is 0 Å². The minimum atomic E-state index is -4.66. The van der Waals surface area contributed by atoms with Gasteiger partial charge in [0.2, 0.25) is 5.36 Å². The van der Waals surface area contributed by atoms with Gasteiger partial charge in [0.25, 0.3) is 11.8 Å². The molecular weight excluding hydrogens is 707 g/mol. The lowest BCUT2D eigenvalue weighted by Crippen LogP contribution is -2.32. The molecule has 0 atom stereocenters. The molecule has 0 spiro atoms. The Kier molecular flexibility index (Phi) is 12.2. The highest BCUT2D eigenvalue weighted by Gasteiger charge is 2.40. The smallest absolute Gasteiger partial charge is 0.333 e. The van der Waals surface area contributed by atoms with Crippen molar-refractivity contribution in [3.63, 3.8) is 0 Å². The first-order valence-electron chi connectivity index (χ1n) is 18.6. The molecule has 1 fully saturated rings. The van der Waals surface area contributed by atoms with Crippen molar-refractivity contribution in [1.29, 1.82) is 0 Å². The number of rotatable bonds is 13. The van der Waals surface area contributed by atoms with E-state index in [9.17, 15) is 27.4 Å². The maximum atomic E-state index is 12.3. The molecule has 288 valence electrons. The molecule has 5 rings (SSSR count). The van der Waals surface area contributed by atoms with Gasteiger partial charge in [-0.05, 0) is 74.2 Å². The van der Waals surface area contributed by atoms with Gasteiger partial charge in [0.05, 0.1) is 11.0 Å². The van der Waals surface area contributed by atoms with E-state index < -0.39 is 33.3 Å². The number of unbranched alkanes of at least 4 members (excludes halogenated alkanes) is 2. The number of carbonyl (C=O) groups excluding carboxylic acids is 3. The molecular formula is C42H51N3O8S. The average molecular weight is 758 g/mol. The molecule has 0 unspecified atom stereocenters. The molecule has 2 amide bonds. The third-order valence-corrected chi connectivity index (χ3v) is 10.8. The molecule has 1 aromatic rings. The molecule has 1 saturated heterocycles. The normalized spacial score (nSPS) is 16.8. The Balaban J connectivity index is 1.37. The van der Waals surface area contributed by atoms with Gasteiger partial charge in [-0.25, -0.2) is 17.8 Å². The first kappa shape index (κ1) is 40.4. The molecule has 0 saturated carbocycles. The number of hydrogen-bond donors (Lipinski definition) is 0. The van der Waals surface area contributed by atoms with Crippen molar-refractivity contribution < 1.29 is 36.6 Å². The van der Waals surface area contributed by atoms with E-state index in [0.29, 0.717) is 30.9 Å². The Bertz CT molecular complexity index is 2150. The van der Waals surface area contributed by atoms with E-state index in [2.05, 4.69) is 74.4 Å². The molecule has 0 N–H and O–H groups in total. The van der Waals surface area contributed by atoms with Gasteiger partial charge in [-0.1, -0.05) is 65.3 Å². The summed E-state index contributed by atoms with van der Waals surface area (Å²) in [4.78, 5) is 42.7. The van der Waals surface area contributed by atoms with Crippen LogP contribution in [0.15, 0.2) is 81.8 Å². The second kappa shape index (κ2) is 16.3. The fraction of sp³-hybridized carbons (Fsp3) is 0.429. The fourth-order valence-electron chi connectivity index (χ4n) is 6.94. The van der Waals surface area contributed by atoms with E-state index in [1.807, 2.05) is 38.2 Å². The number of fused-ring (bicyclic) bond motifs is 2. The molecule has 12 heteroatoms. The van der Waals surface area contributed by atoms with Crippen molar-refractivity contribution in [1.82, 2.24) is 9.64 Å². The van der Waals surface area contributed by atoms with Crippen molar-refractivity contribution in [3.8, 4) is 11.3 Å². The minimum Gasteiger partial charge on any atom is -0.744 e. The number of benzene rings is 2. The van der Waals surface area contributed by atoms with Crippen LogP contribution < -0.4 is 14.8 Å². The second-order valence-corrected chi connectivity index (χ2v) is 16.6. The van der Waals surface area contributed by atoms with Crippen molar-refractivity contribution in [2.75, 3.05) is 24.5 Å². The Morgan fingerprint density at radius 2 is 1.67 bits per heavy atom. The highest BCUT2D eigenvalue weighted by atomic mass is 32.2. The number of imide groups is 1. The Morgan fingerprint density at radius 3 is 2.31 bits per heavy atom. The summed E-state index contributed by atoms with van der Waals surface area (Å²) in [6.45, 7) is 17.0. The van der Waals surface area contributed by atoms with E-state index in [-0.39, 0.29) is 29.6 Å². The van der Waals surface area contributed by atoms with Gasteiger partial charge >= 0.3 is 5.97 Å². The quantitative estimate of drug-likeness (QED) is 0.0604. The van der Waals surface area contributed by atoms with Gasteiger partial charge in [0.15, 0.2) is 0 Å². The highest BCUT2D eigenvalue weighted by Crippen LogP contribution is 2.48. The number of nitrogens with zero attached hydrogens (tertiary/aromatic N) is 3. The van der Waals surface area contributed by atoms with E-state index in [0.717, 1.165) is 58.0 Å². The number of hydrogen-bond acceptors (Lipinski definition) is 9. The van der Waals surface area contributed by atoms with Crippen LogP contribution in [0.3, 0.4) is 0 Å². The van der Waals surface area contributed by atoms with Gasteiger partial charge in [-0.2, -0.15) is 0 Å². The summed E-state index contributed by atoms with van der Waals surface area (Å²) >= 11 is 0. The van der Waals surface area contributed by atoms with E-state index in [4.69, 9.17) is 9.25 Å². The summed E-state index contributed by atoms with van der Waals surface area (Å²) in [7, 11) is -4.66. The number of allylic oxidation sites excluding steroid dienone is 5. The van der Waals surface area contributed by atoms with Crippen LogP contribution in [-0.2, 0) is 40.2 Å². The summed E-state index contributed by atoms with van der Waals surface area (Å²) in [5.74, 6) is 0.0557. The fourth-order valence-corrected chi connectivity index (χ4v) is 7.43. The zero-order valence-electron chi connectivity index (χ0n) is 32.3. The number of amides is 2. The van der Waals surface area contributed by atoms with Crippen LogP contribution in [0.1, 0.15) is 104 Å². The molecule has 1 aliphatic carbocycles. The summed E-state index contributed by atoms with van der Waals surface area (Å²) < 4.78 is 44.6. The first-order chi connectivity index (χ1) is 25.4. The average Bonchev–Trinajstić information content (AvgIpc) is 3.53. The zero-order chi connectivity index (χ0) is 39.4. The summed E-state index contributed by atoms with van der Waals surface area (Å²) in [6.07, 6.45) is 11.9. The molecule has 0 aromatic heterocycles. The van der Waals surface area contributed by atoms with Crippen LogP contribution in [0.4, 0.5) is 5.69 Å². The number of carbonyl (C=O) groups is 3. The predicted octanol–water partition coefficient (Wildman–Crippen LogP) is 6.82. The summed E-state index contributed by atoms with van der Waals surface area (Å²) in [5.41, 5.74) is 3.70. The summed E-state index contributed by atoms with van der Waals surface area (Å²) in [6, 6.07) is 12.9. The Hall–Kier alpha value is -4.81. The first-order valence-corrected chi connectivity index (χ1v) is 20.0. The van der Waals surface area contributed by atoms with Crippen LogP contribution >= 0.6 is 0 Å². The molecule has 3 aliphatic heterocycles. The lowest BCUT2D eigenvalue weighted by atomic mass is 9.83. The number of hydroxylamine groups is 2. The van der Waals surface area contributed by atoms with Gasteiger partial charge in [0, 0.05) is 59.7 Å². The van der Waals surface area contributed by atoms with Gasteiger partial charge in [-0.15, -0.1) is 5.06 Å². The van der Waals surface area contributed by atoms with Gasteiger partial charge < -0.3 is 18.7 Å². The van der Waals surface area contributed by atoms with E-state index >= 15 is 0 Å². The highest BCUT2D eigenvalue weighted by molar-refractivity contribution is 7.85. The third kappa shape index (κ3) is 8.93. The third-order valence-electron chi connectivity index (χ3n) is 10.0. The van der Waals surface area contributed by atoms with Crippen LogP contribution in [0.5, 0.6) is 0 Å². The van der Waals surface area contributed by atoms with Crippen molar-refractivity contribution in [2.24, 2.45) is 0 Å². The van der Waals surface area contributed by atoms with Crippen LogP contribution in [0, 0.1) is 0 Å². The van der Waals surface area contributed by atoms with Gasteiger partial charge in [-0.3, -0.25) is 9.59 Å². The largest absolute Gasteiger partial charge is 0.744 e. The molecule has 54 heavy (non-hydrogen) atoms. The maximum Gasteiger partial charge on any atom is 0.333 e. The Labute approximate surface area is 318 Å². The minimum absolute atomic E-state index is 0.0422. The monoisotopic (exact) mass is 757 g/mol. The molecule has 11 nitrogen and oxygen atoms in total. The molecule has 0 radical (unpaired) electrons. The predicted molar refractivity (Wildman–Crippen MR) is 207 cm³/mol. The van der Waals surface area contributed by atoms with Crippen molar-refractivity contribution >= 4 is 39.7 Å². The SMILES string of the molecule is CC[N+](CC)=c1ccc2c(/C=C/C=C/C=C3/N(CCCCCC(=O)ON4C(=O)CCC4=O)c4ccc(S(=O)(=O)[O-])cc4C3(C)C)cc(C(C)(C)C)oc-2c1. The lowest BCUT2D eigenvalue weighted by molar-refractivity contribution is -0.197. The van der Waals surface area contributed by atoms with Crippen molar-refractivity contribution in [2.45, 2.75) is 103 Å². The second-order valence-electron chi connectivity index (χ2n) is 15.2. The van der Waals surface area contributed by atoms with Crippen LogP contribution in [0.25, 0.3) is 17.4 Å². The standard InChI is InChI=1S/C42H51N3O8S/c1-8-43(9-2)30-19-21-32-29(26-37(41(3,4)5)52-35(32)27-30)16-12-10-13-17-36-42(6,7)33-28-31(54(49,50)51)20-22-34(33)44(36)25-15-11-14-18-40(48)53-45-38(46)23-24-39(45)47/h10,12-13,16-17,19-22,26-28H,8-9,11,14-15,18,23-25H2,1-7H3. The molecule has 3 heterocycles. The molecule has 4 aliphatic rings.